The standard InChI is InChI=1S/C21H21N3O3/c1-2-13-22-19(25)15-23-21(27)18(14-16-9-5-3-6-10-16)24-20(26)17-11-7-4-8-12-17/h1,3-12,18H,13-15H2,(H,22,25)(H,23,27)(H,24,26). The van der Waals surface area contributed by atoms with Crippen LogP contribution in [-0.4, -0.2) is 36.9 Å². The van der Waals surface area contributed by atoms with Crippen LogP contribution in [0.2, 0.25) is 0 Å². The third kappa shape index (κ3) is 6.67. The second kappa shape index (κ2) is 10.4. The molecule has 0 aliphatic rings. The molecule has 1 atom stereocenters. The summed E-state index contributed by atoms with van der Waals surface area (Å²) in [5.74, 6) is 1.09. The maximum absolute atomic E-state index is 12.5. The summed E-state index contributed by atoms with van der Waals surface area (Å²) in [7, 11) is 0. The molecule has 2 aromatic rings. The highest BCUT2D eigenvalue weighted by Gasteiger charge is 2.22. The summed E-state index contributed by atoms with van der Waals surface area (Å²) < 4.78 is 0. The van der Waals surface area contributed by atoms with Crippen molar-refractivity contribution in [1.29, 1.82) is 0 Å². The summed E-state index contributed by atoms with van der Waals surface area (Å²) >= 11 is 0. The first-order chi connectivity index (χ1) is 13.1. The van der Waals surface area contributed by atoms with Crippen molar-refractivity contribution in [2.24, 2.45) is 0 Å². The molecule has 0 fully saturated rings. The number of hydrogen-bond acceptors (Lipinski definition) is 3. The molecule has 0 aliphatic heterocycles. The van der Waals surface area contributed by atoms with Gasteiger partial charge in [0, 0.05) is 12.0 Å². The number of amides is 3. The molecule has 0 saturated carbocycles. The molecule has 27 heavy (non-hydrogen) atoms. The Morgan fingerprint density at radius 3 is 2.19 bits per heavy atom. The van der Waals surface area contributed by atoms with Crippen molar-refractivity contribution in [3.8, 4) is 12.3 Å². The number of carbonyl (C=O) groups excluding carboxylic acids is 3. The van der Waals surface area contributed by atoms with Gasteiger partial charge in [0.1, 0.15) is 6.04 Å². The van der Waals surface area contributed by atoms with Gasteiger partial charge in [-0.05, 0) is 17.7 Å². The molecule has 0 bridgehead atoms. The van der Waals surface area contributed by atoms with Crippen LogP contribution in [0.5, 0.6) is 0 Å². The van der Waals surface area contributed by atoms with Gasteiger partial charge in [-0.2, -0.15) is 0 Å². The summed E-state index contributed by atoms with van der Waals surface area (Å²) in [6, 6.07) is 17.1. The Morgan fingerprint density at radius 2 is 1.56 bits per heavy atom. The van der Waals surface area contributed by atoms with Gasteiger partial charge in [-0.1, -0.05) is 54.5 Å². The van der Waals surface area contributed by atoms with E-state index in [4.69, 9.17) is 6.42 Å². The molecule has 6 heteroatoms. The minimum absolute atomic E-state index is 0.0902. The predicted molar refractivity (Wildman–Crippen MR) is 103 cm³/mol. The predicted octanol–water partition coefficient (Wildman–Crippen LogP) is 0.893. The quantitative estimate of drug-likeness (QED) is 0.609. The van der Waals surface area contributed by atoms with E-state index in [0.717, 1.165) is 5.56 Å². The van der Waals surface area contributed by atoms with Gasteiger partial charge in [0.2, 0.25) is 11.8 Å². The van der Waals surface area contributed by atoms with E-state index in [1.807, 2.05) is 30.3 Å². The molecule has 2 rings (SSSR count). The van der Waals surface area contributed by atoms with E-state index in [-0.39, 0.29) is 19.0 Å². The van der Waals surface area contributed by atoms with Crippen LogP contribution >= 0.6 is 0 Å². The van der Waals surface area contributed by atoms with Gasteiger partial charge in [-0.3, -0.25) is 14.4 Å². The molecular weight excluding hydrogens is 342 g/mol. The molecule has 0 aromatic heterocycles. The topological polar surface area (TPSA) is 87.3 Å². The molecule has 3 N–H and O–H groups in total. The van der Waals surface area contributed by atoms with Crippen LogP contribution in [0.15, 0.2) is 60.7 Å². The zero-order chi connectivity index (χ0) is 19.5. The average molecular weight is 363 g/mol. The first-order valence-electron chi connectivity index (χ1n) is 8.48. The summed E-state index contributed by atoms with van der Waals surface area (Å²) in [5, 5.41) is 7.73. The zero-order valence-corrected chi connectivity index (χ0v) is 14.8. The monoisotopic (exact) mass is 363 g/mol. The van der Waals surface area contributed by atoms with Gasteiger partial charge in [0.05, 0.1) is 13.1 Å². The van der Waals surface area contributed by atoms with Crippen molar-refractivity contribution in [1.82, 2.24) is 16.0 Å². The molecule has 1 unspecified atom stereocenters. The normalized spacial score (nSPS) is 10.9. The lowest BCUT2D eigenvalue weighted by molar-refractivity contribution is -0.127. The third-order valence-corrected chi connectivity index (χ3v) is 3.75. The van der Waals surface area contributed by atoms with Gasteiger partial charge in [0.15, 0.2) is 0 Å². The van der Waals surface area contributed by atoms with E-state index in [0.29, 0.717) is 12.0 Å². The molecule has 0 aliphatic carbocycles. The van der Waals surface area contributed by atoms with Crippen molar-refractivity contribution >= 4 is 17.7 Å². The van der Waals surface area contributed by atoms with Crippen LogP contribution in [0, 0.1) is 12.3 Å². The highest BCUT2D eigenvalue weighted by molar-refractivity contribution is 5.98. The third-order valence-electron chi connectivity index (χ3n) is 3.75. The number of nitrogens with one attached hydrogen (secondary N) is 3. The Kier molecular flexibility index (Phi) is 7.61. The number of carbonyl (C=O) groups is 3. The Hall–Kier alpha value is -3.59. The number of terminal acetylenes is 1. The van der Waals surface area contributed by atoms with E-state index in [1.165, 1.54) is 0 Å². The van der Waals surface area contributed by atoms with Crippen molar-refractivity contribution in [3.05, 3.63) is 71.8 Å². The fourth-order valence-electron chi connectivity index (χ4n) is 2.39. The summed E-state index contributed by atoms with van der Waals surface area (Å²) in [6.07, 6.45) is 5.38. The number of rotatable bonds is 8. The van der Waals surface area contributed by atoms with Crippen molar-refractivity contribution < 1.29 is 14.4 Å². The zero-order valence-electron chi connectivity index (χ0n) is 14.8. The Balaban J connectivity index is 2.04. The van der Waals surface area contributed by atoms with Crippen molar-refractivity contribution in [2.45, 2.75) is 12.5 Å². The highest BCUT2D eigenvalue weighted by Crippen LogP contribution is 2.05. The van der Waals surface area contributed by atoms with Crippen molar-refractivity contribution in [3.63, 3.8) is 0 Å². The molecule has 0 heterocycles. The summed E-state index contributed by atoms with van der Waals surface area (Å²) in [4.78, 5) is 36.6. The maximum Gasteiger partial charge on any atom is 0.251 e. The molecule has 0 radical (unpaired) electrons. The van der Waals surface area contributed by atoms with E-state index in [1.54, 1.807) is 30.3 Å². The molecule has 138 valence electrons. The Labute approximate surface area is 158 Å². The van der Waals surface area contributed by atoms with Gasteiger partial charge in [-0.15, -0.1) is 6.42 Å². The highest BCUT2D eigenvalue weighted by atomic mass is 16.2. The summed E-state index contributed by atoms with van der Waals surface area (Å²) in [5.41, 5.74) is 1.35. The van der Waals surface area contributed by atoms with E-state index in [2.05, 4.69) is 21.9 Å². The second-order valence-electron chi connectivity index (χ2n) is 5.78. The Morgan fingerprint density at radius 1 is 0.926 bits per heavy atom. The Bertz CT molecular complexity index is 814. The van der Waals surface area contributed by atoms with E-state index < -0.39 is 17.9 Å². The van der Waals surface area contributed by atoms with Crippen LogP contribution in [-0.2, 0) is 16.0 Å². The second-order valence-corrected chi connectivity index (χ2v) is 5.78. The maximum atomic E-state index is 12.5. The summed E-state index contributed by atoms with van der Waals surface area (Å²) in [6.45, 7) is -0.125. The lowest BCUT2D eigenvalue weighted by atomic mass is 10.0. The minimum atomic E-state index is -0.819. The minimum Gasteiger partial charge on any atom is -0.345 e. The van der Waals surface area contributed by atoms with Crippen LogP contribution < -0.4 is 16.0 Å². The first-order valence-corrected chi connectivity index (χ1v) is 8.48. The van der Waals surface area contributed by atoms with Gasteiger partial charge >= 0.3 is 0 Å². The van der Waals surface area contributed by atoms with E-state index in [9.17, 15) is 14.4 Å². The largest absolute Gasteiger partial charge is 0.345 e. The lowest BCUT2D eigenvalue weighted by Crippen LogP contribution is -2.50. The molecular formula is C21H21N3O3. The molecule has 6 nitrogen and oxygen atoms in total. The fraction of sp³-hybridized carbons (Fsp3) is 0.190. The van der Waals surface area contributed by atoms with Crippen LogP contribution in [0.1, 0.15) is 15.9 Å². The fourth-order valence-corrected chi connectivity index (χ4v) is 2.39. The van der Waals surface area contributed by atoms with Crippen LogP contribution in [0.4, 0.5) is 0 Å². The van der Waals surface area contributed by atoms with Gasteiger partial charge in [-0.25, -0.2) is 0 Å². The number of hydrogen-bond donors (Lipinski definition) is 3. The smallest absolute Gasteiger partial charge is 0.251 e. The SMILES string of the molecule is C#CCNC(=O)CNC(=O)C(Cc1ccccc1)NC(=O)c1ccccc1. The average Bonchev–Trinajstić information content (AvgIpc) is 2.71. The van der Waals surface area contributed by atoms with Crippen LogP contribution in [0.3, 0.4) is 0 Å². The van der Waals surface area contributed by atoms with Gasteiger partial charge < -0.3 is 16.0 Å². The lowest BCUT2D eigenvalue weighted by Gasteiger charge is -2.18. The van der Waals surface area contributed by atoms with Crippen molar-refractivity contribution in [2.75, 3.05) is 13.1 Å². The molecule has 0 saturated heterocycles. The number of benzene rings is 2. The first kappa shape index (κ1) is 19.7. The molecule has 0 spiro atoms. The van der Waals surface area contributed by atoms with E-state index >= 15 is 0 Å². The van der Waals surface area contributed by atoms with Crippen LogP contribution in [0.25, 0.3) is 0 Å². The van der Waals surface area contributed by atoms with Gasteiger partial charge in [0.25, 0.3) is 5.91 Å². The molecule has 2 aromatic carbocycles. The molecule has 3 amide bonds.